The number of benzene rings is 1. The molecule has 19 heavy (non-hydrogen) atoms. The quantitative estimate of drug-likeness (QED) is 0.794. The standard InChI is InChI=1S/C14H21NO4/c1-9(2)12(8-18-3)15-11-7-10(14(16)17)5-6-13(11)19-4/h5-7,9,12,15H,8H2,1-4H3,(H,16,17). The van der Waals surface area contributed by atoms with E-state index >= 15 is 0 Å². The van der Waals surface area contributed by atoms with Crippen molar-refractivity contribution in [1.29, 1.82) is 0 Å². The van der Waals surface area contributed by atoms with Crippen LogP contribution in [0, 0.1) is 5.92 Å². The van der Waals surface area contributed by atoms with Gasteiger partial charge in [-0.25, -0.2) is 4.79 Å². The number of ether oxygens (including phenoxy) is 2. The highest BCUT2D eigenvalue weighted by molar-refractivity contribution is 5.89. The van der Waals surface area contributed by atoms with Crippen molar-refractivity contribution in [3.05, 3.63) is 23.8 Å². The predicted molar refractivity (Wildman–Crippen MR) is 74.1 cm³/mol. The zero-order valence-corrected chi connectivity index (χ0v) is 11.8. The molecule has 0 aromatic heterocycles. The number of anilines is 1. The molecule has 5 heteroatoms. The van der Waals surface area contributed by atoms with Gasteiger partial charge in [0.2, 0.25) is 0 Å². The van der Waals surface area contributed by atoms with Crippen LogP contribution >= 0.6 is 0 Å². The Balaban J connectivity index is 3.01. The minimum atomic E-state index is -0.960. The molecule has 0 spiro atoms. The number of carboxylic acid groups (broad SMARTS) is 1. The van der Waals surface area contributed by atoms with Crippen molar-refractivity contribution in [3.8, 4) is 5.75 Å². The van der Waals surface area contributed by atoms with E-state index in [0.717, 1.165) is 0 Å². The monoisotopic (exact) mass is 267 g/mol. The summed E-state index contributed by atoms with van der Waals surface area (Å²) in [5.41, 5.74) is 0.890. The Bertz CT molecular complexity index is 431. The van der Waals surface area contributed by atoms with Gasteiger partial charge in [0.05, 0.1) is 31.0 Å². The average molecular weight is 267 g/mol. The number of carbonyl (C=O) groups is 1. The molecule has 0 bridgehead atoms. The van der Waals surface area contributed by atoms with Gasteiger partial charge in [-0.1, -0.05) is 13.8 Å². The molecule has 1 unspecified atom stereocenters. The van der Waals surface area contributed by atoms with Crippen molar-refractivity contribution >= 4 is 11.7 Å². The first-order chi connectivity index (χ1) is 8.99. The smallest absolute Gasteiger partial charge is 0.335 e. The molecular weight excluding hydrogens is 246 g/mol. The third-order valence-corrected chi connectivity index (χ3v) is 2.94. The van der Waals surface area contributed by atoms with E-state index in [-0.39, 0.29) is 11.6 Å². The Hall–Kier alpha value is -1.75. The first-order valence-corrected chi connectivity index (χ1v) is 6.16. The fourth-order valence-corrected chi connectivity index (χ4v) is 1.73. The van der Waals surface area contributed by atoms with E-state index in [1.54, 1.807) is 26.4 Å². The Labute approximate surface area is 113 Å². The van der Waals surface area contributed by atoms with Gasteiger partial charge in [-0.05, 0) is 24.1 Å². The summed E-state index contributed by atoms with van der Waals surface area (Å²) in [5.74, 6) is 0.00318. The van der Waals surface area contributed by atoms with Crippen molar-refractivity contribution in [2.45, 2.75) is 19.9 Å². The maximum Gasteiger partial charge on any atom is 0.335 e. The van der Waals surface area contributed by atoms with E-state index < -0.39 is 5.97 Å². The minimum absolute atomic E-state index is 0.0861. The van der Waals surface area contributed by atoms with E-state index in [1.807, 2.05) is 0 Å². The SMILES string of the molecule is COCC(Nc1cc(C(=O)O)ccc1OC)C(C)C. The second kappa shape index (κ2) is 6.99. The van der Waals surface area contributed by atoms with Crippen molar-refractivity contribution < 1.29 is 19.4 Å². The molecule has 1 atom stereocenters. The number of hydrogen-bond donors (Lipinski definition) is 2. The molecule has 106 valence electrons. The van der Waals surface area contributed by atoms with E-state index in [2.05, 4.69) is 19.2 Å². The number of aromatic carboxylic acids is 1. The van der Waals surface area contributed by atoms with Crippen molar-refractivity contribution in [3.63, 3.8) is 0 Å². The first-order valence-electron chi connectivity index (χ1n) is 6.16. The summed E-state index contributed by atoms with van der Waals surface area (Å²) in [6.07, 6.45) is 0. The van der Waals surface area contributed by atoms with E-state index in [9.17, 15) is 4.79 Å². The summed E-state index contributed by atoms with van der Waals surface area (Å²) < 4.78 is 10.4. The summed E-state index contributed by atoms with van der Waals surface area (Å²) in [4.78, 5) is 11.0. The highest BCUT2D eigenvalue weighted by Gasteiger charge is 2.16. The largest absolute Gasteiger partial charge is 0.495 e. The van der Waals surface area contributed by atoms with Gasteiger partial charge in [0.1, 0.15) is 5.75 Å². The average Bonchev–Trinajstić information content (AvgIpc) is 2.37. The number of methoxy groups -OCH3 is 2. The van der Waals surface area contributed by atoms with Crippen LogP contribution in [0.5, 0.6) is 5.75 Å². The molecule has 5 nitrogen and oxygen atoms in total. The zero-order chi connectivity index (χ0) is 14.4. The van der Waals surface area contributed by atoms with Gasteiger partial charge < -0.3 is 19.9 Å². The summed E-state index contributed by atoms with van der Waals surface area (Å²) >= 11 is 0. The van der Waals surface area contributed by atoms with Crippen molar-refractivity contribution in [2.75, 3.05) is 26.1 Å². The van der Waals surface area contributed by atoms with Gasteiger partial charge in [-0.3, -0.25) is 0 Å². The van der Waals surface area contributed by atoms with Crippen molar-refractivity contribution in [2.24, 2.45) is 5.92 Å². The van der Waals surface area contributed by atoms with Crippen LogP contribution in [0.25, 0.3) is 0 Å². The minimum Gasteiger partial charge on any atom is -0.495 e. The molecular formula is C14H21NO4. The maximum absolute atomic E-state index is 11.0. The fourth-order valence-electron chi connectivity index (χ4n) is 1.73. The normalized spacial score (nSPS) is 12.3. The van der Waals surface area contributed by atoms with Crippen LogP contribution in [-0.2, 0) is 4.74 Å². The molecule has 1 rings (SSSR count). The topological polar surface area (TPSA) is 67.8 Å². The molecule has 0 saturated heterocycles. The van der Waals surface area contributed by atoms with Crippen LogP contribution < -0.4 is 10.1 Å². The lowest BCUT2D eigenvalue weighted by molar-refractivity contribution is 0.0697. The second-order valence-electron chi connectivity index (χ2n) is 4.67. The number of carboxylic acids is 1. The summed E-state index contributed by atoms with van der Waals surface area (Å²) in [5, 5.41) is 12.3. The third kappa shape index (κ3) is 4.13. The van der Waals surface area contributed by atoms with E-state index in [4.69, 9.17) is 14.6 Å². The van der Waals surface area contributed by atoms with Crippen LogP contribution in [-0.4, -0.2) is 37.9 Å². The maximum atomic E-state index is 11.0. The highest BCUT2D eigenvalue weighted by Crippen LogP contribution is 2.27. The molecule has 0 saturated carbocycles. The molecule has 0 aliphatic heterocycles. The molecule has 2 N–H and O–H groups in total. The van der Waals surface area contributed by atoms with E-state index in [0.29, 0.717) is 24.0 Å². The molecule has 0 amide bonds. The van der Waals surface area contributed by atoms with Crippen LogP contribution in [0.1, 0.15) is 24.2 Å². The van der Waals surface area contributed by atoms with Gasteiger partial charge in [-0.15, -0.1) is 0 Å². The second-order valence-corrected chi connectivity index (χ2v) is 4.67. The van der Waals surface area contributed by atoms with Crippen LogP contribution in [0.15, 0.2) is 18.2 Å². The molecule has 0 radical (unpaired) electrons. The van der Waals surface area contributed by atoms with E-state index in [1.165, 1.54) is 6.07 Å². The van der Waals surface area contributed by atoms with Crippen molar-refractivity contribution in [1.82, 2.24) is 0 Å². The lowest BCUT2D eigenvalue weighted by Crippen LogP contribution is -2.30. The molecule has 0 fully saturated rings. The van der Waals surface area contributed by atoms with Gasteiger partial charge in [0, 0.05) is 7.11 Å². The summed E-state index contributed by atoms with van der Waals surface area (Å²) in [7, 11) is 3.20. The molecule has 0 aliphatic rings. The first kappa shape index (κ1) is 15.3. The Morgan fingerprint density at radius 1 is 1.37 bits per heavy atom. The highest BCUT2D eigenvalue weighted by atomic mass is 16.5. The van der Waals surface area contributed by atoms with Gasteiger partial charge in [0.25, 0.3) is 0 Å². The van der Waals surface area contributed by atoms with Gasteiger partial charge in [-0.2, -0.15) is 0 Å². The summed E-state index contributed by atoms with van der Waals surface area (Å²) in [6.45, 7) is 4.69. The fraction of sp³-hybridized carbons (Fsp3) is 0.500. The number of hydrogen-bond acceptors (Lipinski definition) is 4. The molecule has 1 aromatic rings. The molecule has 0 aliphatic carbocycles. The number of rotatable bonds is 7. The van der Waals surface area contributed by atoms with Crippen LogP contribution in [0.3, 0.4) is 0 Å². The molecule has 1 aromatic carbocycles. The zero-order valence-electron chi connectivity index (χ0n) is 11.8. The Kier molecular flexibility index (Phi) is 5.63. The lowest BCUT2D eigenvalue weighted by atomic mass is 10.0. The van der Waals surface area contributed by atoms with Gasteiger partial charge in [0.15, 0.2) is 0 Å². The lowest BCUT2D eigenvalue weighted by Gasteiger charge is -2.24. The van der Waals surface area contributed by atoms with Crippen LogP contribution in [0.4, 0.5) is 5.69 Å². The number of nitrogens with one attached hydrogen (secondary N) is 1. The van der Waals surface area contributed by atoms with Gasteiger partial charge >= 0.3 is 5.97 Å². The molecule has 0 heterocycles. The third-order valence-electron chi connectivity index (χ3n) is 2.94. The Morgan fingerprint density at radius 2 is 2.05 bits per heavy atom. The predicted octanol–water partition coefficient (Wildman–Crippen LogP) is 2.48. The summed E-state index contributed by atoms with van der Waals surface area (Å²) in [6, 6.07) is 4.83. The van der Waals surface area contributed by atoms with Crippen LogP contribution in [0.2, 0.25) is 0 Å². The Morgan fingerprint density at radius 3 is 2.53 bits per heavy atom.